The second-order valence-electron chi connectivity index (χ2n) is 6.07. The van der Waals surface area contributed by atoms with E-state index in [2.05, 4.69) is 4.98 Å². The van der Waals surface area contributed by atoms with E-state index in [1.54, 1.807) is 16.7 Å². The minimum Gasteiger partial charge on any atom is -0.493 e. The Morgan fingerprint density at radius 3 is 2.88 bits per heavy atom. The van der Waals surface area contributed by atoms with E-state index in [4.69, 9.17) is 27.9 Å². The molecule has 132 valence electrons. The first-order chi connectivity index (χ1) is 12.6. The maximum atomic E-state index is 12.8. The van der Waals surface area contributed by atoms with Crippen LogP contribution in [0.4, 0.5) is 0 Å². The fraction of sp³-hybridized carbons (Fsp3) is 0.200. The van der Waals surface area contributed by atoms with Crippen LogP contribution in [-0.2, 0) is 6.54 Å². The van der Waals surface area contributed by atoms with E-state index in [1.165, 1.54) is 0 Å². The average molecular weight is 387 g/mol. The fourth-order valence-corrected chi connectivity index (χ4v) is 3.79. The molecule has 0 amide bonds. The molecule has 0 bridgehead atoms. The van der Waals surface area contributed by atoms with Crippen LogP contribution in [-0.4, -0.2) is 16.2 Å². The predicted molar refractivity (Wildman–Crippen MR) is 106 cm³/mol. The summed E-state index contributed by atoms with van der Waals surface area (Å²) in [4.78, 5) is 17.5. The molecule has 3 aromatic rings. The zero-order chi connectivity index (χ0) is 18.3. The number of ether oxygens (including phenoxy) is 1. The van der Waals surface area contributed by atoms with E-state index in [9.17, 15) is 4.79 Å². The van der Waals surface area contributed by atoms with Crippen LogP contribution in [0.15, 0.2) is 41.2 Å². The number of fused-ring (bicyclic) bond motifs is 2. The zero-order valence-corrected chi connectivity index (χ0v) is 15.6. The third kappa shape index (κ3) is 2.89. The van der Waals surface area contributed by atoms with Gasteiger partial charge in [-0.1, -0.05) is 41.4 Å². The summed E-state index contributed by atoms with van der Waals surface area (Å²) in [5, 5.41) is 1.26. The topological polar surface area (TPSA) is 44.1 Å². The van der Waals surface area contributed by atoms with Gasteiger partial charge in [0.05, 0.1) is 22.5 Å². The SMILES string of the molecule is CCOc1ccccc1/C=C1\CCn2c1nc1c(Cl)cc(Cl)cc1c2=O. The summed E-state index contributed by atoms with van der Waals surface area (Å²) in [5.41, 5.74) is 2.32. The molecule has 0 unspecified atom stereocenters. The van der Waals surface area contributed by atoms with Crippen molar-refractivity contribution in [2.45, 2.75) is 19.9 Å². The van der Waals surface area contributed by atoms with Crippen LogP contribution in [0, 0.1) is 0 Å². The lowest BCUT2D eigenvalue weighted by Crippen LogP contribution is -2.20. The van der Waals surface area contributed by atoms with Gasteiger partial charge in [0, 0.05) is 17.1 Å². The Morgan fingerprint density at radius 1 is 1.27 bits per heavy atom. The van der Waals surface area contributed by atoms with E-state index in [1.807, 2.05) is 37.3 Å². The second-order valence-corrected chi connectivity index (χ2v) is 6.91. The summed E-state index contributed by atoms with van der Waals surface area (Å²) < 4.78 is 7.38. The van der Waals surface area contributed by atoms with Gasteiger partial charge in [-0.05, 0) is 43.2 Å². The van der Waals surface area contributed by atoms with Gasteiger partial charge in [0.25, 0.3) is 5.56 Å². The van der Waals surface area contributed by atoms with Crippen molar-refractivity contribution in [1.29, 1.82) is 0 Å². The first-order valence-corrected chi connectivity index (χ1v) is 9.16. The molecular formula is C20H16Cl2N2O2. The highest BCUT2D eigenvalue weighted by atomic mass is 35.5. The number of rotatable bonds is 3. The van der Waals surface area contributed by atoms with Crippen molar-refractivity contribution in [3.63, 3.8) is 0 Å². The lowest BCUT2D eigenvalue weighted by molar-refractivity contribution is 0.339. The lowest BCUT2D eigenvalue weighted by Gasteiger charge is -2.09. The van der Waals surface area contributed by atoms with Crippen LogP contribution < -0.4 is 10.3 Å². The highest BCUT2D eigenvalue weighted by molar-refractivity contribution is 6.38. The molecule has 0 aliphatic carbocycles. The van der Waals surface area contributed by atoms with Crippen LogP contribution in [0.1, 0.15) is 24.7 Å². The van der Waals surface area contributed by atoms with Crippen LogP contribution >= 0.6 is 23.2 Å². The molecule has 0 atom stereocenters. The van der Waals surface area contributed by atoms with Crippen LogP contribution in [0.3, 0.4) is 0 Å². The largest absolute Gasteiger partial charge is 0.493 e. The molecule has 0 fully saturated rings. The average Bonchev–Trinajstić information content (AvgIpc) is 3.01. The Labute approximate surface area is 160 Å². The third-order valence-electron chi connectivity index (χ3n) is 4.42. The first kappa shape index (κ1) is 17.1. The predicted octanol–water partition coefficient (Wildman–Crippen LogP) is 5.05. The number of hydrogen-bond donors (Lipinski definition) is 0. The molecule has 0 spiro atoms. The number of halogens is 2. The molecule has 1 aliphatic rings. The number of aromatic nitrogens is 2. The first-order valence-electron chi connectivity index (χ1n) is 8.41. The van der Waals surface area contributed by atoms with E-state index in [0.29, 0.717) is 39.9 Å². The van der Waals surface area contributed by atoms with Crippen molar-refractivity contribution < 1.29 is 4.74 Å². The molecule has 0 saturated carbocycles. The number of benzene rings is 2. The lowest BCUT2D eigenvalue weighted by atomic mass is 10.1. The summed E-state index contributed by atoms with van der Waals surface area (Å²) in [6.07, 6.45) is 2.76. The standard InChI is InChI=1S/C20H16Cl2N2O2/c1-2-26-17-6-4-3-5-12(17)9-13-7-8-24-19(13)23-18-15(20(24)25)10-14(21)11-16(18)22/h3-6,9-11H,2,7-8H2,1H3/b13-9+. The number of para-hydroxylation sites is 1. The molecular weight excluding hydrogens is 371 g/mol. The van der Waals surface area contributed by atoms with Gasteiger partial charge in [0.1, 0.15) is 11.6 Å². The highest BCUT2D eigenvalue weighted by Gasteiger charge is 2.22. The van der Waals surface area contributed by atoms with Crippen LogP contribution in [0.25, 0.3) is 22.6 Å². The van der Waals surface area contributed by atoms with Crippen molar-refractivity contribution >= 4 is 45.8 Å². The Kier molecular flexibility index (Phi) is 4.47. The highest BCUT2D eigenvalue weighted by Crippen LogP contribution is 2.32. The third-order valence-corrected chi connectivity index (χ3v) is 4.92. The number of nitrogens with zero attached hydrogens (tertiary/aromatic N) is 2. The Hall–Kier alpha value is -2.30. The second kappa shape index (κ2) is 6.78. The molecule has 2 aromatic carbocycles. The normalized spacial score (nSPS) is 14.8. The summed E-state index contributed by atoms with van der Waals surface area (Å²) in [5.74, 6) is 1.46. The Bertz CT molecular complexity index is 1100. The van der Waals surface area contributed by atoms with Gasteiger partial charge in [0.2, 0.25) is 0 Å². The minimum absolute atomic E-state index is 0.115. The molecule has 0 saturated heterocycles. The number of hydrogen-bond acceptors (Lipinski definition) is 3. The molecule has 0 radical (unpaired) electrons. The Morgan fingerprint density at radius 2 is 2.08 bits per heavy atom. The van der Waals surface area contributed by atoms with E-state index in [0.717, 1.165) is 23.3 Å². The summed E-state index contributed by atoms with van der Waals surface area (Å²) >= 11 is 12.3. The van der Waals surface area contributed by atoms with Crippen molar-refractivity contribution in [2.24, 2.45) is 0 Å². The molecule has 6 heteroatoms. The van der Waals surface area contributed by atoms with Gasteiger partial charge in [-0.25, -0.2) is 4.98 Å². The Balaban J connectivity index is 1.90. The maximum Gasteiger partial charge on any atom is 0.261 e. The van der Waals surface area contributed by atoms with Crippen molar-refractivity contribution in [3.8, 4) is 5.75 Å². The van der Waals surface area contributed by atoms with E-state index >= 15 is 0 Å². The molecule has 0 N–H and O–H groups in total. The maximum absolute atomic E-state index is 12.8. The van der Waals surface area contributed by atoms with Crippen LogP contribution in [0.5, 0.6) is 5.75 Å². The number of allylic oxidation sites excluding steroid dienone is 1. The van der Waals surface area contributed by atoms with Crippen molar-refractivity contribution in [3.05, 3.63) is 68.2 Å². The molecule has 26 heavy (non-hydrogen) atoms. The molecule has 2 heterocycles. The molecule has 1 aromatic heterocycles. The van der Waals surface area contributed by atoms with Gasteiger partial charge in [-0.15, -0.1) is 0 Å². The monoisotopic (exact) mass is 386 g/mol. The smallest absolute Gasteiger partial charge is 0.261 e. The van der Waals surface area contributed by atoms with E-state index in [-0.39, 0.29) is 5.56 Å². The van der Waals surface area contributed by atoms with Gasteiger partial charge >= 0.3 is 0 Å². The quantitative estimate of drug-likeness (QED) is 0.632. The summed E-state index contributed by atoms with van der Waals surface area (Å²) in [6, 6.07) is 11.1. The summed E-state index contributed by atoms with van der Waals surface area (Å²) in [6.45, 7) is 3.13. The zero-order valence-electron chi connectivity index (χ0n) is 14.1. The molecule has 4 nitrogen and oxygen atoms in total. The molecule has 1 aliphatic heterocycles. The van der Waals surface area contributed by atoms with E-state index < -0.39 is 0 Å². The molecule has 4 rings (SSSR count). The van der Waals surface area contributed by atoms with Gasteiger partial charge in [-0.3, -0.25) is 9.36 Å². The van der Waals surface area contributed by atoms with Gasteiger partial charge in [0.15, 0.2) is 0 Å². The van der Waals surface area contributed by atoms with Gasteiger partial charge < -0.3 is 4.74 Å². The minimum atomic E-state index is -0.115. The van der Waals surface area contributed by atoms with Gasteiger partial charge in [-0.2, -0.15) is 0 Å². The summed E-state index contributed by atoms with van der Waals surface area (Å²) in [7, 11) is 0. The fourth-order valence-electron chi connectivity index (χ4n) is 3.26. The van der Waals surface area contributed by atoms with Crippen LogP contribution in [0.2, 0.25) is 10.0 Å². The van der Waals surface area contributed by atoms with Crippen molar-refractivity contribution in [2.75, 3.05) is 6.61 Å². The van der Waals surface area contributed by atoms with Crippen molar-refractivity contribution in [1.82, 2.24) is 9.55 Å².